The third-order valence-electron chi connectivity index (χ3n) is 2.12. The first-order valence-electron chi connectivity index (χ1n) is 4.65. The second kappa shape index (κ2) is 4.15. The Morgan fingerprint density at radius 3 is 2.24 bits per heavy atom. The van der Waals surface area contributed by atoms with Gasteiger partial charge in [0.05, 0.1) is 0 Å². The molecule has 0 aliphatic heterocycles. The van der Waals surface area contributed by atoms with Crippen molar-refractivity contribution in [1.82, 2.24) is 15.2 Å². The molecule has 7 heteroatoms. The summed E-state index contributed by atoms with van der Waals surface area (Å²) >= 11 is 0. The van der Waals surface area contributed by atoms with Crippen LogP contribution in [0.5, 0.6) is 0 Å². The van der Waals surface area contributed by atoms with Crippen LogP contribution in [-0.2, 0) is 12.9 Å². The van der Waals surface area contributed by atoms with E-state index in [0.717, 1.165) is 0 Å². The van der Waals surface area contributed by atoms with Gasteiger partial charge in [0.25, 0.3) is 0 Å². The number of alkyl halides is 4. The Balaban J connectivity index is 2.30. The van der Waals surface area contributed by atoms with E-state index in [-0.39, 0.29) is 5.82 Å². The Hall–Kier alpha value is -1.92. The van der Waals surface area contributed by atoms with E-state index in [9.17, 15) is 17.6 Å². The summed E-state index contributed by atoms with van der Waals surface area (Å²) in [6, 6.07) is 5.88. The van der Waals surface area contributed by atoms with E-state index in [4.69, 9.17) is 0 Å². The van der Waals surface area contributed by atoms with Crippen LogP contribution in [-0.4, -0.2) is 15.2 Å². The van der Waals surface area contributed by atoms with Crippen molar-refractivity contribution >= 4 is 0 Å². The molecule has 0 saturated heterocycles. The van der Waals surface area contributed by atoms with Gasteiger partial charge < -0.3 is 0 Å². The van der Waals surface area contributed by atoms with Gasteiger partial charge >= 0.3 is 6.18 Å². The lowest BCUT2D eigenvalue weighted by Crippen LogP contribution is -2.07. The summed E-state index contributed by atoms with van der Waals surface area (Å²) in [5.74, 6) is -1.22. The molecule has 2 aromatic rings. The summed E-state index contributed by atoms with van der Waals surface area (Å²) < 4.78 is 49.0. The molecule has 0 atom stereocenters. The zero-order valence-electron chi connectivity index (χ0n) is 8.42. The van der Waals surface area contributed by atoms with Gasteiger partial charge in [-0.3, -0.25) is 5.10 Å². The first-order valence-corrected chi connectivity index (χ1v) is 4.65. The molecule has 3 nitrogen and oxygen atoms in total. The number of nitrogens with one attached hydrogen (secondary N) is 1. The Morgan fingerprint density at radius 1 is 1.12 bits per heavy atom. The molecule has 1 aromatic carbocycles. The standard InChI is InChI=1S/C10H7F4N3/c11-5-6-1-3-7(4-2-6)8-15-9(17-16-8)10(12,13)14/h1-4H,5H2,(H,15,16,17). The molecular formula is C10H7F4N3. The molecule has 0 aliphatic rings. The molecule has 2 rings (SSSR count). The Labute approximate surface area is 93.5 Å². The molecule has 90 valence electrons. The van der Waals surface area contributed by atoms with E-state index in [2.05, 4.69) is 10.1 Å². The maximum atomic E-state index is 12.3. The van der Waals surface area contributed by atoms with E-state index >= 15 is 0 Å². The highest BCUT2D eigenvalue weighted by Crippen LogP contribution is 2.27. The summed E-state index contributed by atoms with van der Waals surface area (Å²) in [6.07, 6.45) is -4.55. The van der Waals surface area contributed by atoms with Crippen LogP contribution in [0.4, 0.5) is 17.6 Å². The van der Waals surface area contributed by atoms with Gasteiger partial charge in [0.2, 0.25) is 5.82 Å². The van der Waals surface area contributed by atoms with Crippen LogP contribution >= 0.6 is 0 Å². The topological polar surface area (TPSA) is 41.6 Å². The van der Waals surface area contributed by atoms with Gasteiger partial charge in [-0.05, 0) is 5.56 Å². The molecular weight excluding hydrogens is 238 g/mol. The minimum absolute atomic E-state index is 0.0669. The number of H-pyrrole nitrogens is 1. The van der Waals surface area contributed by atoms with E-state index < -0.39 is 18.7 Å². The monoisotopic (exact) mass is 245 g/mol. The molecule has 1 heterocycles. The molecule has 1 N–H and O–H groups in total. The highest BCUT2D eigenvalue weighted by atomic mass is 19.4. The van der Waals surface area contributed by atoms with Gasteiger partial charge in [-0.1, -0.05) is 24.3 Å². The van der Waals surface area contributed by atoms with Crippen LogP contribution in [0.2, 0.25) is 0 Å². The van der Waals surface area contributed by atoms with Crippen molar-refractivity contribution in [2.24, 2.45) is 0 Å². The summed E-state index contributed by atoms with van der Waals surface area (Å²) in [7, 11) is 0. The third kappa shape index (κ3) is 2.43. The first kappa shape index (κ1) is 11.6. The number of halogens is 4. The molecule has 0 spiro atoms. The van der Waals surface area contributed by atoms with Gasteiger partial charge in [0, 0.05) is 5.56 Å². The van der Waals surface area contributed by atoms with Crippen molar-refractivity contribution in [3.8, 4) is 11.4 Å². The summed E-state index contributed by atoms with van der Waals surface area (Å²) in [5, 5.41) is 5.27. The first-order chi connectivity index (χ1) is 8.00. The second-order valence-corrected chi connectivity index (χ2v) is 3.34. The fourth-order valence-electron chi connectivity index (χ4n) is 1.26. The third-order valence-corrected chi connectivity index (χ3v) is 2.12. The minimum Gasteiger partial charge on any atom is -0.255 e. The van der Waals surface area contributed by atoms with Gasteiger partial charge in [-0.25, -0.2) is 9.37 Å². The lowest BCUT2D eigenvalue weighted by atomic mass is 10.1. The van der Waals surface area contributed by atoms with Crippen LogP contribution < -0.4 is 0 Å². The molecule has 0 aliphatic carbocycles. The normalized spacial score (nSPS) is 11.8. The van der Waals surface area contributed by atoms with Crippen LogP contribution in [0.25, 0.3) is 11.4 Å². The Morgan fingerprint density at radius 2 is 1.76 bits per heavy atom. The number of hydrogen-bond donors (Lipinski definition) is 1. The van der Waals surface area contributed by atoms with E-state index in [0.29, 0.717) is 11.1 Å². The number of benzene rings is 1. The summed E-state index contributed by atoms with van der Waals surface area (Å²) in [6.45, 7) is -0.623. The molecule has 0 radical (unpaired) electrons. The molecule has 1 aromatic heterocycles. The smallest absolute Gasteiger partial charge is 0.255 e. The average molecular weight is 245 g/mol. The molecule has 0 bridgehead atoms. The number of nitrogens with zero attached hydrogens (tertiary/aromatic N) is 2. The maximum Gasteiger partial charge on any atom is 0.451 e. The number of aromatic amines is 1. The van der Waals surface area contributed by atoms with Crippen molar-refractivity contribution in [3.63, 3.8) is 0 Å². The van der Waals surface area contributed by atoms with Crippen LogP contribution in [0.3, 0.4) is 0 Å². The fourth-order valence-corrected chi connectivity index (χ4v) is 1.26. The van der Waals surface area contributed by atoms with Crippen LogP contribution in [0.1, 0.15) is 11.4 Å². The maximum absolute atomic E-state index is 12.3. The fraction of sp³-hybridized carbons (Fsp3) is 0.200. The SMILES string of the molecule is FCc1ccc(-c2n[nH]c(C(F)(F)F)n2)cc1. The Bertz CT molecular complexity index is 501. The van der Waals surface area contributed by atoms with Crippen LogP contribution in [0.15, 0.2) is 24.3 Å². The second-order valence-electron chi connectivity index (χ2n) is 3.34. The zero-order valence-corrected chi connectivity index (χ0v) is 8.42. The highest BCUT2D eigenvalue weighted by Gasteiger charge is 2.35. The van der Waals surface area contributed by atoms with E-state index in [1.807, 2.05) is 5.10 Å². The van der Waals surface area contributed by atoms with Gasteiger partial charge in [0.1, 0.15) is 6.67 Å². The van der Waals surface area contributed by atoms with E-state index in [1.165, 1.54) is 24.3 Å². The summed E-state index contributed by atoms with van der Waals surface area (Å²) in [4.78, 5) is 3.32. The quantitative estimate of drug-likeness (QED) is 0.826. The largest absolute Gasteiger partial charge is 0.451 e. The predicted octanol–water partition coefficient (Wildman–Crippen LogP) is 2.96. The lowest BCUT2D eigenvalue weighted by molar-refractivity contribution is -0.144. The number of hydrogen-bond acceptors (Lipinski definition) is 2. The summed E-state index contributed by atoms with van der Waals surface area (Å²) in [5.41, 5.74) is 0.842. The van der Waals surface area contributed by atoms with Gasteiger partial charge in [-0.15, -0.1) is 0 Å². The van der Waals surface area contributed by atoms with Crippen molar-refractivity contribution in [1.29, 1.82) is 0 Å². The molecule has 0 fully saturated rings. The average Bonchev–Trinajstić information content (AvgIpc) is 2.78. The molecule has 0 unspecified atom stereocenters. The molecule has 0 saturated carbocycles. The van der Waals surface area contributed by atoms with Crippen molar-refractivity contribution < 1.29 is 17.6 Å². The highest BCUT2D eigenvalue weighted by molar-refractivity contribution is 5.54. The lowest BCUT2D eigenvalue weighted by Gasteiger charge is -1.99. The van der Waals surface area contributed by atoms with Gasteiger partial charge in [-0.2, -0.15) is 18.3 Å². The number of aromatic nitrogens is 3. The Kier molecular flexibility index (Phi) is 2.83. The van der Waals surface area contributed by atoms with Crippen LogP contribution in [0, 0.1) is 0 Å². The number of rotatable bonds is 2. The van der Waals surface area contributed by atoms with Crippen molar-refractivity contribution in [2.75, 3.05) is 0 Å². The zero-order chi connectivity index (χ0) is 12.5. The van der Waals surface area contributed by atoms with Crippen molar-refractivity contribution in [3.05, 3.63) is 35.7 Å². The molecule has 17 heavy (non-hydrogen) atoms. The minimum atomic E-state index is -4.55. The van der Waals surface area contributed by atoms with E-state index in [1.54, 1.807) is 0 Å². The predicted molar refractivity (Wildman–Crippen MR) is 51.6 cm³/mol. The molecule has 0 amide bonds. The van der Waals surface area contributed by atoms with Crippen molar-refractivity contribution in [2.45, 2.75) is 12.9 Å². The van der Waals surface area contributed by atoms with Gasteiger partial charge in [0.15, 0.2) is 5.82 Å².